The number of carbonyl (C=O) groups excluding carboxylic acids is 1. The molecule has 0 radical (unpaired) electrons. The molecule has 1 aromatic carbocycles. The predicted molar refractivity (Wildman–Crippen MR) is 91.6 cm³/mol. The highest BCUT2D eigenvalue weighted by Gasteiger charge is 2.26. The maximum atomic E-state index is 12.7. The van der Waals surface area contributed by atoms with Gasteiger partial charge in [0.1, 0.15) is 6.54 Å². The van der Waals surface area contributed by atoms with Crippen LogP contribution in [0.3, 0.4) is 0 Å². The van der Waals surface area contributed by atoms with Crippen molar-refractivity contribution in [3.8, 4) is 0 Å². The summed E-state index contributed by atoms with van der Waals surface area (Å²) in [5, 5.41) is 9.23. The second kappa shape index (κ2) is 7.13. The molecule has 128 valence electrons. The van der Waals surface area contributed by atoms with Crippen molar-refractivity contribution >= 4 is 16.9 Å². The van der Waals surface area contributed by atoms with E-state index in [-0.39, 0.29) is 30.7 Å². The Bertz CT molecular complexity index is 778. The van der Waals surface area contributed by atoms with Crippen molar-refractivity contribution in [2.45, 2.75) is 38.3 Å². The zero-order valence-electron chi connectivity index (χ0n) is 13.9. The Labute approximate surface area is 140 Å². The molecule has 1 heterocycles. The fraction of sp³-hybridized carbons (Fsp3) is 0.500. The Hall–Kier alpha value is -2.21. The van der Waals surface area contributed by atoms with Gasteiger partial charge in [-0.2, -0.15) is 0 Å². The number of fused-ring (bicyclic) bond motifs is 1. The summed E-state index contributed by atoms with van der Waals surface area (Å²) >= 11 is 0. The van der Waals surface area contributed by atoms with Crippen molar-refractivity contribution in [3.63, 3.8) is 0 Å². The minimum Gasteiger partial charge on any atom is -0.396 e. The average Bonchev–Trinajstić information content (AvgIpc) is 2.63. The normalized spacial score (nSPS) is 20.9. The summed E-state index contributed by atoms with van der Waals surface area (Å²) in [5.41, 5.74) is 1.12. The molecule has 1 aromatic heterocycles. The fourth-order valence-electron chi connectivity index (χ4n) is 3.44. The van der Waals surface area contributed by atoms with Gasteiger partial charge in [0.15, 0.2) is 0 Å². The average molecular weight is 329 g/mol. The quantitative estimate of drug-likeness (QED) is 0.920. The standard InChI is InChI=1S/C18H23N3O3/c1-20(14-8-6-13(12-22)7-9-14)18(24)11-21-16-5-3-2-4-15(16)19-10-17(21)23/h2-5,10,13-14,22H,6-9,11-12H2,1H3. The molecule has 2 aromatic rings. The van der Waals surface area contributed by atoms with Gasteiger partial charge in [0, 0.05) is 19.7 Å². The molecule has 1 N–H and O–H groups in total. The maximum absolute atomic E-state index is 12.7. The number of likely N-dealkylation sites (N-methyl/N-ethyl adjacent to an activating group) is 1. The second-order valence-electron chi connectivity index (χ2n) is 6.53. The molecule has 1 fully saturated rings. The molecule has 0 spiro atoms. The largest absolute Gasteiger partial charge is 0.396 e. The van der Waals surface area contributed by atoms with Crippen LogP contribution in [0.4, 0.5) is 0 Å². The van der Waals surface area contributed by atoms with Gasteiger partial charge in [0.25, 0.3) is 5.56 Å². The molecular weight excluding hydrogens is 306 g/mol. The van der Waals surface area contributed by atoms with E-state index in [1.54, 1.807) is 11.9 Å². The Morgan fingerprint density at radius 1 is 1.29 bits per heavy atom. The fourth-order valence-corrected chi connectivity index (χ4v) is 3.44. The lowest BCUT2D eigenvalue weighted by Crippen LogP contribution is -2.42. The first-order valence-electron chi connectivity index (χ1n) is 8.41. The summed E-state index contributed by atoms with van der Waals surface area (Å²) in [6, 6.07) is 7.52. The van der Waals surface area contributed by atoms with Crippen molar-refractivity contribution in [2.24, 2.45) is 5.92 Å². The zero-order valence-corrected chi connectivity index (χ0v) is 13.9. The van der Waals surface area contributed by atoms with E-state index in [0.717, 1.165) is 25.7 Å². The first-order chi connectivity index (χ1) is 11.6. The van der Waals surface area contributed by atoms with Crippen LogP contribution in [0.15, 0.2) is 35.3 Å². The van der Waals surface area contributed by atoms with E-state index in [9.17, 15) is 14.7 Å². The van der Waals surface area contributed by atoms with E-state index < -0.39 is 0 Å². The SMILES string of the molecule is CN(C(=O)Cn1c(=O)cnc2ccccc21)C1CCC(CO)CC1. The summed E-state index contributed by atoms with van der Waals surface area (Å²) in [7, 11) is 1.81. The molecule has 0 bridgehead atoms. The van der Waals surface area contributed by atoms with Gasteiger partial charge in [-0.15, -0.1) is 0 Å². The first kappa shape index (κ1) is 16.6. The number of aliphatic hydroxyl groups is 1. The monoisotopic (exact) mass is 329 g/mol. The number of rotatable bonds is 4. The van der Waals surface area contributed by atoms with Crippen LogP contribution in [0.1, 0.15) is 25.7 Å². The molecule has 1 aliphatic carbocycles. The van der Waals surface area contributed by atoms with Crippen LogP contribution in [-0.2, 0) is 11.3 Å². The van der Waals surface area contributed by atoms with E-state index in [4.69, 9.17) is 0 Å². The van der Waals surface area contributed by atoms with Crippen molar-refractivity contribution in [1.82, 2.24) is 14.5 Å². The molecule has 3 rings (SSSR count). The van der Waals surface area contributed by atoms with E-state index in [1.807, 2.05) is 24.3 Å². The van der Waals surface area contributed by atoms with Gasteiger partial charge in [-0.1, -0.05) is 12.1 Å². The lowest BCUT2D eigenvalue weighted by molar-refractivity contribution is -0.133. The minimum atomic E-state index is -0.264. The van der Waals surface area contributed by atoms with Crippen molar-refractivity contribution in [1.29, 1.82) is 0 Å². The van der Waals surface area contributed by atoms with Crippen molar-refractivity contribution in [3.05, 3.63) is 40.8 Å². The molecule has 0 aliphatic heterocycles. The Balaban J connectivity index is 1.75. The lowest BCUT2D eigenvalue weighted by atomic mass is 9.86. The molecule has 6 nitrogen and oxygen atoms in total. The summed E-state index contributed by atoms with van der Waals surface area (Å²) in [6.45, 7) is 0.251. The van der Waals surface area contributed by atoms with Crippen LogP contribution < -0.4 is 5.56 Å². The van der Waals surface area contributed by atoms with Crippen LogP contribution >= 0.6 is 0 Å². The third kappa shape index (κ3) is 3.33. The number of aliphatic hydroxyl groups excluding tert-OH is 1. The van der Waals surface area contributed by atoms with Gasteiger partial charge in [-0.05, 0) is 43.7 Å². The predicted octanol–water partition coefficient (Wildman–Crippen LogP) is 1.41. The molecule has 1 amide bonds. The van der Waals surface area contributed by atoms with Crippen LogP contribution in [0.25, 0.3) is 11.0 Å². The number of benzene rings is 1. The molecule has 0 saturated heterocycles. The maximum Gasteiger partial charge on any atom is 0.269 e. The highest BCUT2D eigenvalue weighted by Crippen LogP contribution is 2.26. The van der Waals surface area contributed by atoms with Gasteiger partial charge in [0.05, 0.1) is 17.2 Å². The number of nitrogens with zero attached hydrogens (tertiary/aromatic N) is 3. The minimum absolute atomic E-state index is 0.0261. The lowest BCUT2D eigenvalue weighted by Gasteiger charge is -2.34. The molecule has 6 heteroatoms. The summed E-state index contributed by atoms with van der Waals surface area (Å²) in [6.07, 6.45) is 4.95. The number of aromatic nitrogens is 2. The molecule has 0 atom stereocenters. The van der Waals surface area contributed by atoms with Gasteiger partial charge < -0.3 is 10.0 Å². The highest BCUT2D eigenvalue weighted by molar-refractivity contribution is 5.80. The summed E-state index contributed by atoms with van der Waals surface area (Å²) in [4.78, 5) is 30.7. The Morgan fingerprint density at radius 3 is 2.71 bits per heavy atom. The summed E-state index contributed by atoms with van der Waals surface area (Å²) < 4.78 is 1.49. The smallest absolute Gasteiger partial charge is 0.269 e. The topological polar surface area (TPSA) is 75.4 Å². The number of carbonyl (C=O) groups is 1. The summed E-state index contributed by atoms with van der Waals surface area (Å²) in [5.74, 6) is 0.289. The Kier molecular flexibility index (Phi) is 4.94. The van der Waals surface area contributed by atoms with Crippen LogP contribution in [-0.4, -0.2) is 45.2 Å². The van der Waals surface area contributed by atoms with E-state index in [0.29, 0.717) is 17.0 Å². The third-order valence-electron chi connectivity index (χ3n) is 5.06. The van der Waals surface area contributed by atoms with Crippen molar-refractivity contribution < 1.29 is 9.90 Å². The number of hydrogen-bond acceptors (Lipinski definition) is 4. The van der Waals surface area contributed by atoms with Crippen molar-refractivity contribution in [2.75, 3.05) is 13.7 Å². The molecule has 1 saturated carbocycles. The number of hydrogen-bond donors (Lipinski definition) is 1. The molecule has 24 heavy (non-hydrogen) atoms. The third-order valence-corrected chi connectivity index (χ3v) is 5.06. The zero-order chi connectivity index (χ0) is 17.1. The van der Waals surface area contributed by atoms with Crippen LogP contribution in [0, 0.1) is 5.92 Å². The second-order valence-corrected chi connectivity index (χ2v) is 6.53. The molecule has 1 aliphatic rings. The molecule has 0 unspecified atom stereocenters. The highest BCUT2D eigenvalue weighted by atomic mass is 16.3. The van der Waals surface area contributed by atoms with Crippen LogP contribution in [0.5, 0.6) is 0 Å². The van der Waals surface area contributed by atoms with Gasteiger partial charge in [-0.3, -0.25) is 14.2 Å². The number of para-hydroxylation sites is 2. The molecular formula is C18H23N3O3. The van der Waals surface area contributed by atoms with E-state index >= 15 is 0 Å². The van der Waals surface area contributed by atoms with E-state index in [2.05, 4.69) is 4.98 Å². The van der Waals surface area contributed by atoms with E-state index in [1.165, 1.54) is 10.8 Å². The number of amides is 1. The van der Waals surface area contributed by atoms with Crippen LogP contribution in [0.2, 0.25) is 0 Å². The van der Waals surface area contributed by atoms with Gasteiger partial charge in [0.2, 0.25) is 5.91 Å². The van der Waals surface area contributed by atoms with Gasteiger partial charge >= 0.3 is 0 Å². The van der Waals surface area contributed by atoms with Gasteiger partial charge in [-0.25, -0.2) is 4.98 Å². The first-order valence-corrected chi connectivity index (χ1v) is 8.41. The Morgan fingerprint density at radius 2 is 2.00 bits per heavy atom.